The predicted octanol–water partition coefficient (Wildman–Crippen LogP) is 2.50. The number of rotatable bonds is 6. The normalized spacial score (nSPS) is 15.2. The van der Waals surface area contributed by atoms with E-state index in [0.717, 1.165) is 6.42 Å². The van der Waals surface area contributed by atoms with Crippen molar-refractivity contribution in [2.75, 3.05) is 18.9 Å². The number of hydrogen-bond acceptors (Lipinski definition) is 7. The Morgan fingerprint density at radius 1 is 1.15 bits per heavy atom. The minimum absolute atomic E-state index is 0.00731. The van der Waals surface area contributed by atoms with Gasteiger partial charge in [-0.3, -0.25) is 19.0 Å². The molecule has 2 atom stereocenters. The number of aromatic nitrogens is 3. The van der Waals surface area contributed by atoms with Gasteiger partial charge in [0.05, 0.1) is 18.0 Å². The summed E-state index contributed by atoms with van der Waals surface area (Å²) in [5, 5.41) is 6.76. The summed E-state index contributed by atoms with van der Waals surface area (Å²) in [7, 11) is 0. The molecule has 2 amide bonds. The molecule has 0 radical (unpaired) electrons. The Labute approximate surface area is 230 Å². The van der Waals surface area contributed by atoms with Crippen LogP contribution >= 0.6 is 0 Å². The molecule has 3 heterocycles. The summed E-state index contributed by atoms with van der Waals surface area (Å²) in [6.45, 7) is 2.51. The van der Waals surface area contributed by atoms with Crippen molar-refractivity contribution in [3.8, 4) is 17.5 Å². The standard InChI is InChI=1S/C30H28N6O4/c1-19(35-29(38)26-27(31)33-16-15-32-26)23-18-21-9-5-8-20(10-6-14-34-28(37)24-13-7-17-40-24)25(21)30(39)36(23)22-11-3-2-4-12-22/h2-5,8-9,11-12,15-16,18-19,24H,7,13-14,17H2,1H3,(H2,31,33)(H,34,37)(H,35,38)/t19-,24+/m0/s1. The molecule has 2 aromatic carbocycles. The fraction of sp³-hybridized carbons (Fsp3) is 0.233. The number of nitrogen functional groups attached to an aromatic ring is 1. The van der Waals surface area contributed by atoms with Gasteiger partial charge < -0.3 is 21.1 Å². The number of fused-ring (bicyclic) bond motifs is 1. The zero-order chi connectivity index (χ0) is 28.1. The van der Waals surface area contributed by atoms with Crippen molar-refractivity contribution in [1.29, 1.82) is 0 Å². The smallest absolute Gasteiger partial charge is 0.274 e. The quantitative estimate of drug-likeness (QED) is 0.322. The van der Waals surface area contributed by atoms with Crippen LogP contribution in [0.3, 0.4) is 0 Å². The van der Waals surface area contributed by atoms with Gasteiger partial charge in [0.2, 0.25) is 5.91 Å². The van der Waals surface area contributed by atoms with Gasteiger partial charge in [-0.05, 0) is 49.4 Å². The zero-order valence-electron chi connectivity index (χ0n) is 21.9. The van der Waals surface area contributed by atoms with E-state index in [2.05, 4.69) is 32.4 Å². The fourth-order valence-electron chi connectivity index (χ4n) is 4.68. The van der Waals surface area contributed by atoms with Crippen molar-refractivity contribution in [3.05, 3.63) is 94.3 Å². The minimum atomic E-state index is -0.589. The van der Waals surface area contributed by atoms with E-state index in [-0.39, 0.29) is 29.5 Å². The molecule has 0 aliphatic carbocycles. The van der Waals surface area contributed by atoms with Crippen LogP contribution in [0.5, 0.6) is 0 Å². The Kier molecular flexibility index (Phi) is 7.84. The summed E-state index contributed by atoms with van der Waals surface area (Å²) in [6, 6.07) is 15.9. The molecule has 5 rings (SSSR count). The van der Waals surface area contributed by atoms with Crippen molar-refractivity contribution in [1.82, 2.24) is 25.2 Å². The second-order valence-electron chi connectivity index (χ2n) is 9.32. The minimum Gasteiger partial charge on any atom is -0.382 e. The van der Waals surface area contributed by atoms with Gasteiger partial charge >= 0.3 is 0 Å². The Bertz CT molecular complexity index is 1680. The number of pyridine rings is 1. The molecule has 0 spiro atoms. The van der Waals surface area contributed by atoms with Crippen molar-refractivity contribution in [2.45, 2.75) is 31.9 Å². The lowest BCUT2D eigenvalue weighted by atomic mass is 10.0. The summed E-state index contributed by atoms with van der Waals surface area (Å²) >= 11 is 0. The van der Waals surface area contributed by atoms with Gasteiger partial charge in [-0.15, -0.1) is 0 Å². The van der Waals surface area contributed by atoms with Crippen LogP contribution in [0.25, 0.3) is 16.5 Å². The molecule has 1 aliphatic rings. The molecule has 10 nitrogen and oxygen atoms in total. The number of para-hydroxylation sites is 1. The number of nitrogens with one attached hydrogen (secondary N) is 2. The van der Waals surface area contributed by atoms with E-state index in [0.29, 0.717) is 40.7 Å². The number of nitrogens with zero attached hydrogens (tertiary/aromatic N) is 3. The molecular formula is C30H28N6O4. The monoisotopic (exact) mass is 536 g/mol. The molecule has 0 saturated carbocycles. The molecule has 10 heteroatoms. The number of carbonyl (C=O) groups is 2. The lowest BCUT2D eigenvalue weighted by molar-refractivity contribution is -0.129. The maximum absolute atomic E-state index is 14.1. The predicted molar refractivity (Wildman–Crippen MR) is 151 cm³/mol. The van der Waals surface area contributed by atoms with Gasteiger partial charge in [-0.2, -0.15) is 0 Å². The van der Waals surface area contributed by atoms with Crippen molar-refractivity contribution in [3.63, 3.8) is 0 Å². The highest BCUT2D eigenvalue weighted by atomic mass is 16.5. The Balaban J connectivity index is 1.51. The first-order valence-corrected chi connectivity index (χ1v) is 12.9. The highest BCUT2D eigenvalue weighted by Crippen LogP contribution is 2.23. The summed E-state index contributed by atoms with van der Waals surface area (Å²) in [4.78, 5) is 47.2. The van der Waals surface area contributed by atoms with E-state index in [1.807, 2.05) is 48.5 Å². The van der Waals surface area contributed by atoms with E-state index in [9.17, 15) is 14.4 Å². The van der Waals surface area contributed by atoms with Gasteiger partial charge in [0, 0.05) is 35.9 Å². The first-order valence-electron chi connectivity index (χ1n) is 12.9. The second kappa shape index (κ2) is 11.8. The van der Waals surface area contributed by atoms with E-state index in [4.69, 9.17) is 10.5 Å². The summed E-state index contributed by atoms with van der Waals surface area (Å²) in [6.07, 6.45) is 3.94. The largest absolute Gasteiger partial charge is 0.382 e. The van der Waals surface area contributed by atoms with Gasteiger partial charge in [0.15, 0.2) is 11.5 Å². The number of anilines is 1. The molecule has 1 aliphatic heterocycles. The first-order chi connectivity index (χ1) is 19.4. The number of benzene rings is 2. The maximum atomic E-state index is 14.1. The van der Waals surface area contributed by atoms with Crippen molar-refractivity contribution < 1.29 is 14.3 Å². The van der Waals surface area contributed by atoms with Crippen LogP contribution in [-0.2, 0) is 9.53 Å². The lowest BCUT2D eigenvalue weighted by Gasteiger charge is -2.21. The van der Waals surface area contributed by atoms with Gasteiger partial charge in [0.1, 0.15) is 6.10 Å². The third-order valence-electron chi connectivity index (χ3n) is 6.62. The van der Waals surface area contributed by atoms with Crippen LogP contribution in [0.4, 0.5) is 5.82 Å². The van der Waals surface area contributed by atoms with Gasteiger partial charge in [0.25, 0.3) is 11.5 Å². The lowest BCUT2D eigenvalue weighted by Crippen LogP contribution is -2.34. The Morgan fingerprint density at radius 2 is 1.95 bits per heavy atom. The second-order valence-corrected chi connectivity index (χ2v) is 9.32. The van der Waals surface area contributed by atoms with E-state index in [1.165, 1.54) is 12.4 Å². The number of carbonyl (C=O) groups excluding carboxylic acids is 2. The van der Waals surface area contributed by atoms with Crippen LogP contribution in [0.2, 0.25) is 0 Å². The average Bonchev–Trinajstić information content (AvgIpc) is 3.51. The molecule has 0 bridgehead atoms. The molecule has 1 fully saturated rings. The Morgan fingerprint density at radius 3 is 2.70 bits per heavy atom. The summed E-state index contributed by atoms with van der Waals surface area (Å²) < 4.78 is 6.97. The van der Waals surface area contributed by atoms with E-state index in [1.54, 1.807) is 17.6 Å². The first kappa shape index (κ1) is 26.6. The van der Waals surface area contributed by atoms with E-state index < -0.39 is 18.1 Å². The van der Waals surface area contributed by atoms with Crippen LogP contribution in [0, 0.1) is 11.8 Å². The highest BCUT2D eigenvalue weighted by Gasteiger charge is 2.23. The highest BCUT2D eigenvalue weighted by molar-refractivity contribution is 5.96. The zero-order valence-corrected chi connectivity index (χ0v) is 21.9. The molecule has 40 heavy (non-hydrogen) atoms. The van der Waals surface area contributed by atoms with Crippen molar-refractivity contribution in [2.24, 2.45) is 0 Å². The number of amides is 2. The number of nitrogens with two attached hydrogens (primary N) is 1. The summed E-state index contributed by atoms with van der Waals surface area (Å²) in [5.41, 5.74) is 7.30. The van der Waals surface area contributed by atoms with E-state index >= 15 is 0 Å². The van der Waals surface area contributed by atoms with Gasteiger partial charge in [-0.1, -0.05) is 42.2 Å². The molecular weight excluding hydrogens is 508 g/mol. The fourth-order valence-corrected chi connectivity index (χ4v) is 4.68. The van der Waals surface area contributed by atoms with Crippen LogP contribution in [-0.4, -0.2) is 45.6 Å². The van der Waals surface area contributed by atoms with Gasteiger partial charge in [-0.25, -0.2) is 9.97 Å². The Hall–Kier alpha value is -5.01. The number of ether oxygens (including phenoxy) is 1. The maximum Gasteiger partial charge on any atom is 0.274 e. The van der Waals surface area contributed by atoms with Crippen molar-refractivity contribution >= 4 is 28.4 Å². The average molecular weight is 537 g/mol. The van der Waals surface area contributed by atoms with Crippen LogP contribution in [0.1, 0.15) is 47.6 Å². The van der Waals surface area contributed by atoms with Crippen LogP contribution < -0.4 is 21.9 Å². The van der Waals surface area contributed by atoms with Crippen LogP contribution in [0.15, 0.2) is 71.8 Å². The molecule has 4 N–H and O–H groups in total. The molecule has 4 aromatic rings. The summed E-state index contributed by atoms with van der Waals surface area (Å²) in [5.74, 6) is 5.33. The molecule has 0 unspecified atom stereocenters. The molecule has 2 aromatic heterocycles. The SMILES string of the molecule is C[C@H](NC(=O)c1nccnc1N)c1cc2cccc(C#CCNC(=O)[C@H]3CCCO3)c2c(=O)n1-c1ccccc1. The topological polar surface area (TPSA) is 141 Å². The third-order valence-corrected chi connectivity index (χ3v) is 6.62. The number of hydrogen-bond donors (Lipinski definition) is 3. The molecule has 202 valence electrons. The molecule has 1 saturated heterocycles. The third kappa shape index (κ3) is 5.55.